The van der Waals surface area contributed by atoms with Gasteiger partial charge in [-0.2, -0.15) is 0 Å². The van der Waals surface area contributed by atoms with Crippen LogP contribution in [0.25, 0.3) is 11.1 Å². The average Bonchev–Trinajstić information content (AvgIpc) is 2.46. The second-order valence-corrected chi connectivity index (χ2v) is 6.10. The summed E-state index contributed by atoms with van der Waals surface area (Å²) in [6.07, 6.45) is 0. The molecular formula is C18H22N2O. The summed E-state index contributed by atoms with van der Waals surface area (Å²) in [7, 11) is 0. The summed E-state index contributed by atoms with van der Waals surface area (Å²) >= 11 is 0. The average molecular weight is 282 g/mol. The Bertz CT molecular complexity index is 583. The molecule has 0 heterocycles. The van der Waals surface area contributed by atoms with Crippen molar-refractivity contribution in [1.29, 1.82) is 0 Å². The van der Waals surface area contributed by atoms with Crippen LogP contribution in [0, 0.1) is 0 Å². The molecule has 21 heavy (non-hydrogen) atoms. The lowest BCUT2D eigenvalue weighted by Gasteiger charge is -2.20. The molecule has 0 unspecified atom stereocenters. The van der Waals surface area contributed by atoms with Gasteiger partial charge in [-0.3, -0.25) is 4.79 Å². The quantitative estimate of drug-likeness (QED) is 0.898. The maximum Gasteiger partial charge on any atom is 0.238 e. The van der Waals surface area contributed by atoms with Crippen LogP contribution in [-0.4, -0.2) is 18.0 Å². The van der Waals surface area contributed by atoms with Gasteiger partial charge >= 0.3 is 0 Å². The maximum atomic E-state index is 11.8. The molecule has 0 atom stereocenters. The van der Waals surface area contributed by atoms with Gasteiger partial charge in [-0.15, -0.1) is 0 Å². The summed E-state index contributed by atoms with van der Waals surface area (Å²) in [4.78, 5) is 11.8. The predicted octanol–water partition coefficient (Wildman–Crippen LogP) is 3.68. The van der Waals surface area contributed by atoms with E-state index in [1.54, 1.807) is 0 Å². The number of carbonyl (C=O) groups is 1. The lowest BCUT2D eigenvalue weighted by atomic mass is 10.1. The highest BCUT2D eigenvalue weighted by molar-refractivity contribution is 5.92. The van der Waals surface area contributed by atoms with E-state index in [0.29, 0.717) is 6.54 Å². The molecule has 3 nitrogen and oxygen atoms in total. The van der Waals surface area contributed by atoms with Crippen molar-refractivity contribution in [3.8, 4) is 11.1 Å². The van der Waals surface area contributed by atoms with Crippen LogP contribution in [0.2, 0.25) is 0 Å². The van der Waals surface area contributed by atoms with Gasteiger partial charge in [0.25, 0.3) is 0 Å². The van der Waals surface area contributed by atoms with Gasteiger partial charge in [-0.25, -0.2) is 0 Å². The summed E-state index contributed by atoms with van der Waals surface area (Å²) in [5, 5.41) is 6.06. The van der Waals surface area contributed by atoms with Crippen LogP contribution in [0.3, 0.4) is 0 Å². The zero-order chi connectivity index (χ0) is 15.3. The van der Waals surface area contributed by atoms with Gasteiger partial charge in [0, 0.05) is 11.2 Å². The Morgan fingerprint density at radius 1 is 0.905 bits per heavy atom. The normalized spacial score (nSPS) is 11.2. The van der Waals surface area contributed by atoms with E-state index >= 15 is 0 Å². The number of amides is 1. The van der Waals surface area contributed by atoms with Crippen molar-refractivity contribution in [2.24, 2.45) is 0 Å². The third kappa shape index (κ3) is 5.04. The molecule has 2 aromatic carbocycles. The minimum Gasteiger partial charge on any atom is -0.325 e. The van der Waals surface area contributed by atoms with Gasteiger partial charge in [-0.1, -0.05) is 42.5 Å². The molecule has 0 aliphatic carbocycles. The van der Waals surface area contributed by atoms with Gasteiger partial charge in [0.1, 0.15) is 0 Å². The second-order valence-electron chi connectivity index (χ2n) is 6.10. The zero-order valence-electron chi connectivity index (χ0n) is 12.8. The Labute approximate surface area is 126 Å². The van der Waals surface area contributed by atoms with Crippen LogP contribution in [-0.2, 0) is 4.79 Å². The molecule has 1 amide bonds. The van der Waals surface area contributed by atoms with Gasteiger partial charge in [-0.05, 0) is 44.0 Å². The smallest absolute Gasteiger partial charge is 0.238 e. The first-order chi connectivity index (χ1) is 9.94. The third-order valence-electron chi connectivity index (χ3n) is 3.06. The van der Waals surface area contributed by atoms with E-state index in [-0.39, 0.29) is 11.4 Å². The first-order valence-corrected chi connectivity index (χ1v) is 7.14. The summed E-state index contributed by atoms with van der Waals surface area (Å²) in [6, 6.07) is 18.1. The third-order valence-corrected chi connectivity index (χ3v) is 3.06. The fourth-order valence-electron chi connectivity index (χ4n) is 1.93. The molecular weight excluding hydrogens is 260 g/mol. The van der Waals surface area contributed by atoms with Gasteiger partial charge < -0.3 is 10.6 Å². The number of carbonyl (C=O) groups excluding carboxylic acids is 1. The molecule has 0 fully saturated rings. The van der Waals surface area contributed by atoms with Crippen molar-refractivity contribution < 1.29 is 4.79 Å². The Kier molecular flexibility index (Phi) is 4.76. The Morgan fingerprint density at radius 2 is 1.48 bits per heavy atom. The molecule has 0 radical (unpaired) electrons. The number of hydrogen-bond acceptors (Lipinski definition) is 2. The lowest BCUT2D eigenvalue weighted by molar-refractivity contribution is -0.115. The summed E-state index contributed by atoms with van der Waals surface area (Å²) in [5.41, 5.74) is 3.07. The SMILES string of the molecule is CC(C)(C)NCC(=O)Nc1ccc(-c2ccccc2)cc1. The molecule has 0 aliphatic rings. The number of rotatable bonds is 4. The molecule has 110 valence electrons. The van der Waals surface area contributed by atoms with Gasteiger partial charge in [0.15, 0.2) is 0 Å². The molecule has 0 bridgehead atoms. The maximum absolute atomic E-state index is 11.8. The van der Waals surface area contributed by atoms with Crippen LogP contribution >= 0.6 is 0 Å². The van der Waals surface area contributed by atoms with E-state index < -0.39 is 0 Å². The molecule has 2 rings (SSSR count). The fourth-order valence-corrected chi connectivity index (χ4v) is 1.93. The molecule has 2 aromatic rings. The minimum absolute atomic E-state index is 0.0302. The predicted molar refractivity (Wildman–Crippen MR) is 88.3 cm³/mol. The van der Waals surface area contributed by atoms with Crippen molar-refractivity contribution in [2.45, 2.75) is 26.3 Å². The Balaban J connectivity index is 1.95. The zero-order valence-corrected chi connectivity index (χ0v) is 12.8. The van der Waals surface area contributed by atoms with Crippen molar-refractivity contribution in [1.82, 2.24) is 5.32 Å². The van der Waals surface area contributed by atoms with Gasteiger partial charge in [0.2, 0.25) is 5.91 Å². The summed E-state index contributed by atoms with van der Waals surface area (Å²) < 4.78 is 0. The molecule has 3 heteroatoms. The largest absolute Gasteiger partial charge is 0.325 e. The lowest BCUT2D eigenvalue weighted by Crippen LogP contribution is -2.41. The van der Waals surface area contributed by atoms with E-state index in [0.717, 1.165) is 11.3 Å². The topological polar surface area (TPSA) is 41.1 Å². The monoisotopic (exact) mass is 282 g/mol. The highest BCUT2D eigenvalue weighted by Crippen LogP contribution is 2.20. The van der Waals surface area contributed by atoms with E-state index in [1.807, 2.05) is 63.2 Å². The van der Waals surface area contributed by atoms with E-state index in [4.69, 9.17) is 0 Å². The fraction of sp³-hybridized carbons (Fsp3) is 0.278. The van der Waals surface area contributed by atoms with Crippen LogP contribution in [0.5, 0.6) is 0 Å². The molecule has 0 spiro atoms. The van der Waals surface area contributed by atoms with Crippen LogP contribution < -0.4 is 10.6 Å². The molecule has 2 N–H and O–H groups in total. The molecule has 0 aromatic heterocycles. The summed E-state index contributed by atoms with van der Waals surface area (Å²) in [6.45, 7) is 6.42. The van der Waals surface area contributed by atoms with Crippen molar-refractivity contribution in [3.05, 3.63) is 54.6 Å². The number of nitrogens with one attached hydrogen (secondary N) is 2. The number of benzene rings is 2. The number of hydrogen-bond donors (Lipinski definition) is 2. The molecule has 0 saturated heterocycles. The first kappa shape index (κ1) is 15.3. The Hall–Kier alpha value is -2.13. The van der Waals surface area contributed by atoms with Crippen LogP contribution in [0.1, 0.15) is 20.8 Å². The minimum atomic E-state index is -0.0610. The first-order valence-electron chi connectivity index (χ1n) is 7.14. The van der Waals surface area contributed by atoms with E-state index in [1.165, 1.54) is 5.56 Å². The van der Waals surface area contributed by atoms with Crippen LogP contribution in [0.15, 0.2) is 54.6 Å². The summed E-state index contributed by atoms with van der Waals surface area (Å²) in [5.74, 6) is -0.0302. The highest BCUT2D eigenvalue weighted by atomic mass is 16.1. The van der Waals surface area contributed by atoms with Crippen molar-refractivity contribution in [3.63, 3.8) is 0 Å². The van der Waals surface area contributed by atoms with Gasteiger partial charge in [0.05, 0.1) is 6.54 Å². The van der Waals surface area contributed by atoms with E-state index in [9.17, 15) is 4.79 Å². The van der Waals surface area contributed by atoms with E-state index in [2.05, 4.69) is 22.8 Å². The highest BCUT2D eigenvalue weighted by Gasteiger charge is 2.11. The van der Waals surface area contributed by atoms with Crippen LogP contribution in [0.4, 0.5) is 5.69 Å². The number of anilines is 1. The van der Waals surface area contributed by atoms with Crippen molar-refractivity contribution >= 4 is 11.6 Å². The second kappa shape index (κ2) is 6.55. The standard InChI is InChI=1S/C18H22N2O/c1-18(2,3)19-13-17(21)20-16-11-9-15(10-12-16)14-7-5-4-6-8-14/h4-12,19H,13H2,1-3H3,(H,20,21). The van der Waals surface area contributed by atoms with Crippen molar-refractivity contribution in [2.75, 3.05) is 11.9 Å². The molecule has 0 saturated carbocycles. The Morgan fingerprint density at radius 3 is 2.05 bits per heavy atom. The molecule has 0 aliphatic heterocycles.